The number of carbonyl (C=O) groups is 2. The van der Waals surface area contributed by atoms with Crippen LogP contribution in [0.5, 0.6) is 5.75 Å². The maximum absolute atomic E-state index is 12.9. The molecule has 8 nitrogen and oxygen atoms in total. The molecule has 1 aromatic heterocycles. The lowest BCUT2D eigenvalue weighted by molar-refractivity contribution is -0.240. The molecule has 2 aromatic rings. The lowest BCUT2D eigenvalue weighted by atomic mass is 9.86. The fourth-order valence-electron chi connectivity index (χ4n) is 4.12. The SMILES string of the molecule is COC(=O)C1(N(OCc2ccccc2OC)C(C)=O)CCN(CCc2scnc2C)CC1. The first-order valence-electron chi connectivity index (χ1n) is 10.7. The molecule has 0 spiro atoms. The van der Waals surface area contributed by atoms with E-state index in [9.17, 15) is 9.59 Å². The maximum atomic E-state index is 12.9. The Bertz CT molecular complexity index is 924. The monoisotopic (exact) mass is 461 g/mol. The van der Waals surface area contributed by atoms with Crippen molar-refractivity contribution in [1.82, 2.24) is 14.9 Å². The standard InChI is InChI=1S/C23H31N3O5S/c1-17-21(32-16-24-17)9-12-25-13-10-23(11-14-25,22(28)30-4)26(18(2)27)31-15-19-7-5-6-8-20(19)29-3/h5-8,16H,9-15H2,1-4H3. The van der Waals surface area contributed by atoms with Crippen LogP contribution in [-0.2, 0) is 32.2 Å². The van der Waals surface area contributed by atoms with Crippen molar-refractivity contribution >= 4 is 23.2 Å². The summed E-state index contributed by atoms with van der Waals surface area (Å²) in [4.78, 5) is 39.3. The van der Waals surface area contributed by atoms with Gasteiger partial charge in [-0.3, -0.25) is 9.63 Å². The molecule has 0 radical (unpaired) electrons. The molecule has 1 saturated heterocycles. The van der Waals surface area contributed by atoms with Crippen molar-refractivity contribution < 1.29 is 23.9 Å². The van der Waals surface area contributed by atoms with E-state index >= 15 is 0 Å². The lowest BCUT2D eigenvalue weighted by Crippen LogP contribution is -2.61. The first-order chi connectivity index (χ1) is 15.4. The van der Waals surface area contributed by atoms with Gasteiger partial charge in [-0.05, 0) is 32.3 Å². The van der Waals surface area contributed by atoms with Crippen LogP contribution in [0.3, 0.4) is 0 Å². The number of aryl methyl sites for hydroxylation is 1. The number of piperidine rings is 1. The molecule has 32 heavy (non-hydrogen) atoms. The number of methoxy groups -OCH3 is 2. The predicted octanol–water partition coefficient (Wildman–Crippen LogP) is 2.99. The van der Waals surface area contributed by atoms with Gasteiger partial charge >= 0.3 is 5.97 Å². The number of carbonyl (C=O) groups excluding carboxylic acids is 2. The molecule has 0 saturated carbocycles. The normalized spacial score (nSPS) is 15.9. The van der Waals surface area contributed by atoms with Gasteiger partial charge in [-0.15, -0.1) is 11.3 Å². The second kappa shape index (κ2) is 10.9. The van der Waals surface area contributed by atoms with Crippen molar-refractivity contribution in [1.29, 1.82) is 0 Å². The topological polar surface area (TPSA) is 81.2 Å². The summed E-state index contributed by atoms with van der Waals surface area (Å²) in [6.45, 7) is 5.74. The Morgan fingerprint density at radius 3 is 2.53 bits per heavy atom. The summed E-state index contributed by atoms with van der Waals surface area (Å²) in [7, 11) is 2.93. The van der Waals surface area contributed by atoms with Crippen LogP contribution in [0.15, 0.2) is 29.8 Å². The quantitative estimate of drug-likeness (QED) is 0.419. The zero-order chi connectivity index (χ0) is 23.1. The van der Waals surface area contributed by atoms with E-state index < -0.39 is 11.5 Å². The molecule has 3 rings (SSSR count). The Hall–Kier alpha value is -2.49. The highest BCUT2D eigenvalue weighted by Crippen LogP contribution is 2.32. The van der Waals surface area contributed by atoms with E-state index in [0.717, 1.165) is 24.2 Å². The number of amides is 1. The third-order valence-electron chi connectivity index (χ3n) is 5.96. The zero-order valence-electron chi connectivity index (χ0n) is 19.1. The molecule has 1 amide bonds. The average molecular weight is 462 g/mol. The number of hydrogen-bond acceptors (Lipinski definition) is 8. The summed E-state index contributed by atoms with van der Waals surface area (Å²) in [6.07, 6.45) is 1.79. The van der Waals surface area contributed by atoms with E-state index in [1.165, 1.54) is 24.0 Å². The van der Waals surface area contributed by atoms with Crippen molar-refractivity contribution in [3.63, 3.8) is 0 Å². The highest BCUT2D eigenvalue weighted by Gasteiger charge is 2.50. The van der Waals surface area contributed by atoms with Crippen LogP contribution in [-0.4, -0.2) is 66.2 Å². The number of likely N-dealkylation sites (tertiary alicyclic amines) is 1. The Balaban J connectivity index is 1.71. The molecule has 1 aliphatic rings. The van der Waals surface area contributed by atoms with Crippen molar-refractivity contribution in [3.05, 3.63) is 45.9 Å². The van der Waals surface area contributed by atoms with Crippen LogP contribution in [0.1, 0.15) is 35.9 Å². The Labute approximate surface area is 193 Å². The molecule has 0 unspecified atom stereocenters. The van der Waals surface area contributed by atoms with Crippen LogP contribution >= 0.6 is 11.3 Å². The van der Waals surface area contributed by atoms with Gasteiger partial charge in [0.15, 0.2) is 5.54 Å². The maximum Gasteiger partial charge on any atom is 0.334 e. The van der Waals surface area contributed by atoms with Gasteiger partial charge in [0.1, 0.15) is 12.4 Å². The van der Waals surface area contributed by atoms with Crippen LogP contribution < -0.4 is 4.74 Å². The van der Waals surface area contributed by atoms with Gasteiger partial charge in [0, 0.05) is 37.0 Å². The molecule has 1 aromatic carbocycles. The first kappa shape index (κ1) is 24.2. The fraction of sp³-hybridized carbons (Fsp3) is 0.522. The summed E-state index contributed by atoms with van der Waals surface area (Å²) < 4.78 is 10.5. The summed E-state index contributed by atoms with van der Waals surface area (Å²) in [6, 6.07) is 7.44. The zero-order valence-corrected chi connectivity index (χ0v) is 19.9. The summed E-state index contributed by atoms with van der Waals surface area (Å²) in [5.74, 6) is -0.124. The van der Waals surface area contributed by atoms with Gasteiger partial charge in [-0.1, -0.05) is 18.2 Å². The molecule has 0 atom stereocenters. The van der Waals surface area contributed by atoms with Crippen molar-refractivity contribution in [3.8, 4) is 5.75 Å². The van der Waals surface area contributed by atoms with E-state index in [0.29, 0.717) is 31.7 Å². The van der Waals surface area contributed by atoms with Crippen molar-refractivity contribution in [2.75, 3.05) is 33.9 Å². The number of hydroxylamine groups is 2. The average Bonchev–Trinajstić information content (AvgIpc) is 3.22. The van der Waals surface area contributed by atoms with Gasteiger partial charge < -0.3 is 14.4 Å². The van der Waals surface area contributed by atoms with Crippen LogP contribution in [0.25, 0.3) is 0 Å². The fourth-order valence-corrected chi connectivity index (χ4v) is 4.90. The molecule has 0 aliphatic carbocycles. The molecule has 1 fully saturated rings. The number of rotatable bonds is 9. The van der Waals surface area contributed by atoms with Crippen molar-refractivity contribution in [2.45, 2.75) is 45.3 Å². The highest BCUT2D eigenvalue weighted by molar-refractivity contribution is 7.09. The minimum Gasteiger partial charge on any atom is -0.496 e. The molecule has 0 N–H and O–H groups in total. The number of thiazole rings is 1. The number of para-hydroxylation sites is 1. The largest absolute Gasteiger partial charge is 0.496 e. The van der Waals surface area contributed by atoms with E-state index in [4.69, 9.17) is 14.3 Å². The third kappa shape index (κ3) is 5.28. The number of nitrogens with zero attached hydrogens (tertiary/aromatic N) is 3. The predicted molar refractivity (Wildman–Crippen MR) is 121 cm³/mol. The van der Waals surface area contributed by atoms with Gasteiger partial charge in [0.2, 0.25) is 5.91 Å². The van der Waals surface area contributed by atoms with Gasteiger partial charge in [-0.25, -0.2) is 14.8 Å². The molecular formula is C23H31N3O5S. The summed E-state index contributed by atoms with van der Waals surface area (Å²) in [5.41, 5.74) is 2.58. The molecular weight excluding hydrogens is 430 g/mol. The van der Waals surface area contributed by atoms with Crippen LogP contribution in [0, 0.1) is 6.92 Å². The molecule has 1 aliphatic heterocycles. The van der Waals surface area contributed by atoms with Crippen LogP contribution in [0.4, 0.5) is 0 Å². The Morgan fingerprint density at radius 2 is 1.94 bits per heavy atom. The minimum absolute atomic E-state index is 0.108. The highest BCUT2D eigenvalue weighted by atomic mass is 32.1. The molecule has 0 bridgehead atoms. The van der Waals surface area contributed by atoms with Crippen LogP contribution in [0.2, 0.25) is 0 Å². The number of benzene rings is 1. The molecule has 2 heterocycles. The van der Waals surface area contributed by atoms with E-state index in [-0.39, 0.29) is 12.5 Å². The van der Waals surface area contributed by atoms with Crippen molar-refractivity contribution in [2.24, 2.45) is 0 Å². The minimum atomic E-state index is -1.15. The van der Waals surface area contributed by atoms with Gasteiger partial charge in [0.05, 0.1) is 25.4 Å². The number of hydrogen-bond donors (Lipinski definition) is 0. The summed E-state index contributed by atoms with van der Waals surface area (Å²) in [5, 5.41) is 1.22. The van der Waals surface area contributed by atoms with E-state index in [1.54, 1.807) is 18.4 Å². The second-order valence-corrected chi connectivity index (χ2v) is 8.81. The number of esters is 1. The lowest BCUT2D eigenvalue weighted by Gasteiger charge is -2.45. The Morgan fingerprint density at radius 1 is 1.22 bits per heavy atom. The molecule has 174 valence electrons. The summed E-state index contributed by atoms with van der Waals surface area (Å²) >= 11 is 1.67. The smallest absolute Gasteiger partial charge is 0.334 e. The number of aromatic nitrogens is 1. The third-order valence-corrected chi connectivity index (χ3v) is 6.96. The van der Waals surface area contributed by atoms with E-state index in [2.05, 4.69) is 9.88 Å². The molecule has 9 heteroatoms. The first-order valence-corrected chi connectivity index (χ1v) is 11.5. The van der Waals surface area contributed by atoms with Gasteiger partial charge in [0.25, 0.3) is 0 Å². The Kier molecular flexibility index (Phi) is 8.22. The van der Waals surface area contributed by atoms with E-state index in [1.807, 2.05) is 36.7 Å². The second-order valence-electron chi connectivity index (χ2n) is 7.87. The number of ether oxygens (including phenoxy) is 2. The van der Waals surface area contributed by atoms with Gasteiger partial charge in [-0.2, -0.15) is 0 Å².